The molecule has 0 saturated heterocycles. The van der Waals surface area contributed by atoms with Gasteiger partial charge in [-0.2, -0.15) is 0 Å². The molecule has 0 aromatic heterocycles. The molecule has 1 aromatic carbocycles. The first-order valence-electron chi connectivity index (χ1n) is 3.69. The number of hydrogen-bond acceptors (Lipinski definition) is 2. The molecule has 0 heterocycles. The molecular weight excluding hydrogens is 209 g/mol. The molecule has 0 atom stereocenters. The number of rotatable bonds is 2. The van der Waals surface area contributed by atoms with Crippen molar-refractivity contribution in [2.75, 3.05) is 7.11 Å². The molecule has 4 heteroatoms. The van der Waals surface area contributed by atoms with Crippen LogP contribution in [0.2, 0.25) is 10.0 Å². The fourth-order valence-electron chi connectivity index (χ4n) is 0.910. The van der Waals surface area contributed by atoms with Gasteiger partial charge in [0.15, 0.2) is 5.90 Å². The van der Waals surface area contributed by atoms with E-state index in [9.17, 15) is 0 Å². The number of nitrogens with one attached hydrogen (secondary N) is 1. The topological polar surface area (TPSA) is 33.1 Å². The molecular formula is C9H9Cl2NO. The van der Waals surface area contributed by atoms with Crippen LogP contribution in [-0.4, -0.2) is 13.0 Å². The van der Waals surface area contributed by atoms with E-state index in [-0.39, 0.29) is 5.90 Å². The highest BCUT2D eigenvalue weighted by Crippen LogP contribution is 2.21. The zero-order valence-electron chi connectivity index (χ0n) is 7.10. The summed E-state index contributed by atoms with van der Waals surface area (Å²) in [6.45, 7) is 0. The number of methoxy groups -OCH3 is 1. The van der Waals surface area contributed by atoms with Gasteiger partial charge in [-0.25, -0.2) is 0 Å². The maximum absolute atomic E-state index is 7.31. The third-order valence-electron chi connectivity index (χ3n) is 1.61. The van der Waals surface area contributed by atoms with E-state index in [4.69, 9.17) is 33.3 Å². The van der Waals surface area contributed by atoms with E-state index >= 15 is 0 Å². The molecule has 0 aliphatic heterocycles. The second-order valence-electron chi connectivity index (χ2n) is 2.54. The van der Waals surface area contributed by atoms with Crippen molar-refractivity contribution < 1.29 is 4.74 Å². The Balaban J connectivity index is 2.83. The van der Waals surface area contributed by atoms with Gasteiger partial charge in [0, 0.05) is 16.5 Å². The van der Waals surface area contributed by atoms with Gasteiger partial charge in [0.1, 0.15) is 0 Å². The van der Waals surface area contributed by atoms with Gasteiger partial charge in [0.05, 0.1) is 7.11 Å². The summed E-state index contributed by atoms with van der Waals surface area (Å²) in [6.07, 6.45) is 0.395. The van der Waals surface area contributed by atoms with Crippen LogP contribution >= 0.6 is 23.2 Å². The molecule has 0 unspecified atom stereocenters. The standard InChI is InChI=1S/C9H9Cl2NO/c1-13-9(12)4-6-2-3-7(10)5-8(6)11/h2-3,5,12H,4H2,1H3. The van der Waals surface area contributed by atoms with Gasteiger partial charge >= 0.3 is 0 Å². The highest BCUT2D eigenvalue weighted by atomic mass is 35.5. The summed E-state index contributed by atoms with van der Waals surface area (Å²) >= 11 is 11.6. The predicted octanol–water partition coefficient (Wildman–Crippen LogP) is 3.16. The molecule has 0 saturated carbocycles. The summed E-state index contributed by atoms with van der Waals surface area (Å²) in [5.74, 6) is 0.184. The quantitative estimate of drug-likeness (QED) is 0.600. The van der Waals surface area contributed by atoms with Crippen molar-refractivity contribution in [3.63, 3.8) is 0 Å². The first-order valence-corrected chi connectivity index (χ1v) is 4.44. The fourth-order valence-corrected chi connectivity index (χ4v) is 1.39. The Morgan fingerprint density at radius 1 is 1.46 bits per heavy atom. The van der Waals surface area contributed by atoms with Gasteiger partial charge in [-0.15, -0.1) is 0 Å². The van der Waals surface area contributed by atoms with Gasteiger partial charge in [-0.05, 0) is 17.7 Å². The van der Waals surface area contributed by atoms with Crippen molar-refractivity contribution in [1.29, 1.82) is 5.41 Å². The van der Waals surface area contributed by atoms with E-state index in [1.54, 1.807) is 18.2 Å². The second-order valence-corrected chi connectivity index (χ2v) is 3.38. The number of halogens is 2. The van der Waals surface area contributed by atoms with E-state index in [0.29, 0.717) is 16.5 Å². The number of ether oxygens (including phenoxy) is 1. The summed E-state index contributed by atoms with van der Waals surface area (Å²) < 4.78 is 4.73. The van der Waals surface area contributed by atoms with Crippen molar-refractivity contribution >= 4 is 29.1 Å². The molecule has 70 valence electrons. The summed E-state index contributed by atoms with van der Waals surface area (Å²) in [7, 11) is 1.46. The average Bonchev–Trinajstić information content (AvgIpc) is 2.09. The third kappa shape index (κ3) is 2.90. The lowest BCUT2D eigenvalue weighted by Crippen LogP contribution is -2.03. The van der Waals surface area contributed by atoms with Gasteiger partial charge < -0.3 is 4.74 Å². The van der Waals surface area contributed by atoms with Crippen LogP contribution in [0.25, 0.3) is 0 Å². The van der Waals surface area contributed by atoms with E-state index in [1.165, 1.54) is 7.11 Å². The molecule has 0 aliphatic carbocycles. The van der Waals surface area contributed by atoms with Crippen LogP contribution in [0.4, 0.5) is 0 Å². The second kappa shape index (κ2) is 4.49. The fraction of sp³-hybridized carbons (Fsp3) is 0.222. The van der Waals surface area contributed by atoms with Crippen LogP contribution in [0.1, 0.15) is 5.56 Å². The van der Waals surface area contributed by atoms with Crippen LogP contribution in [0.5, 0.6) is 0 Å². The Labute approximate surface area is 86.9 Å². The van der Waals surface area contributed by atoms with Gasteiger partial charge in [0.2, 0.25) is 0 Å². The largest absolute Gasteiger partial charge is 0.484 e. The molecule has 1 rings (SSSR count). The summed E-state index contributed by atoms with van der Waals surface area (Å²) in [4.78, 5) is 0. The van der Waals surface area contributed by atoms with Crippen molar-refractivity contribution in [1.82, 2.24) is 0 Å². The Morgan fingerprint density at radius 3 is 2.69 bits per heavy atom. The lowest BCUT2D eigenvalue weighted by atomic mass is 10.1. The maximum atomic E-state index is 7.31. The van der Waals surface area contributed by atoms with E-state index in [1.807, 2.05) is 0 Å². The highest BCUT2D eigenvalue weighted by molar-refractivity contribution is 6.35. The van der Waals surface area contributed by atoms with Crippen LogP contribution in [0.15, 0.2) is 18.2 Å². The normalized spacial score (nSPS) is 9.77. The van der Waals surface area contributed by atoms with Gasteiger partial charge in [-0.3, -0.25) is 5.41 Å². The summed E-state index contributed by atoms with van der Waals surface area (Å²) in [5, 5.41) is 8.47. The van der Waals surface area contributed by atoms with Gasteiger partial charge in [0.25, 0.3) is 0 Å². The zero-order valence-corrected chi connectivity index (χ0v) is 8.62. The molecule has 0 amide bonds. The third-order valence-corrected chi connectivity index (χ3v) is 2.20. The minimum Gasteiger partial charge on any atom is -0.484 e. The first-order chi connectivity index (χ1) is 6.13. The monoisotopic (exact) mass is 217 g/mol. The maximum Gasteiger partial charge on any atom is 0.184 e. The SMILES string of the molecule is COC(=N)Cc1ccc(Cl)cc1Cl. The predicted molar refractivity (Wildman–Crippen MR) is 54.9 cm³/mol. The van der Waals surface area contributed by atoms with Crippen LogP contribution in [0.3, 0.4) is 0 Å². The summed E-state index contributed by atoms with van der Waals surface area (Å²) in [5.41, 5.74) is 0.845. The van der Waals surface area contributed by atoms with Gasteiger partial charge in [-0.1, -0.05) is 29.3 Å². The molecule has 1 N–H and O–H groups in total. The molecule has 13 heavy (non-hydrogen) atoms. The van der Waals surface area contributed by atoms with E-state index < -0.39 is 0 Å². The lowest BCUT2D eigenvalue weighted by molar-refractivity contribution is 0.390. The zero-order chi connectivity index (χ0) is 9.84. The minimum atomic E-state index is 0.184. The van der Waals surface area contributed by atoms with Crippen molar-refractivity contribution in [3.8, 4) is 0 Å². The molecule has 0 bridgehead atoms. The van der Waals surface area contributed by atoms with E-state index in [2.05, 4.69) is 0 Å². The average molecular weight is 218 g/mol. The molecule has 0 aliphatic rings. The van der Waals surface area contributed by atoms with E-state index in [0.717, 1.165) is 5.56 Å². The number of hydrogen-bond donors (Lipinski definition) is 1. The van der Waals surface area contributed by atoms with Crippen LogP contribution in [-0.2, 0) is 11.2 Å². The molecule has 0 fully saturated rings. The van der Waals surface area contributed by atoms with Crippen molar-refractivity contribution in [2.24, 2.45) is 0 Å². The van der Waals surface area contributed by atoms with Crippen molar-refractivity contribution in [3.05, 3.63) is 33.8 Å². The molecule has 0 spiro atoms. The van der Waals surface area contributed by atoms with Crippen molar-refractivity contribution in [2.45, 2.75) is 6.42 Å². The van der Waals surface area contributed by atoms with Crippen LogP contribution < -0.4 is 0 Å². The Bertz CT molecular complexity index is 325. The Hall–Kier alpha value is -0.730. The smallest absolute Gasteiger partial charge is 0.184 e. The Morgan fingerprint density at radius 2 is 2.15 bits per heavy atom. The first kappa shape index (κ1) is 10.4. The molecule has 1 aromatic rings. The molecule has 2 nitrogen and oxygen atoms in total. The summed E-state index contributed by atoms with van der Waals surface area (Å²) in [6, 6.07) is 5.19. The lowest BCUT2D eigenvalue weighted by Gasteiger charge is -2.04. The highest BCUT2D eigenvalue weighted by Gasteiger charge is 2.04. The molecule has 0 radical (unpaired) electrons. The number of benzene rings is 1. The minimum absolute atomic E-state index is 0.184. The van der Waals surface area contributed by atoms with Crippen LogP contribution in [0, 0.1) is 5.41 Å². The Kier molecular flexibility index (Phi) is 3.58.